The summed E-state index contributed by atoms with van der Waals surface area (Å²) in [4.78, 5) is 29.8. The lowest BCUT2D eigenvalue weighted by Gasteiger charge is -2.43. The maximum Gasteiger partial charge on any atom is 0.308 e. The molecule has 0 spiro atoms. The molecule has 6 rings (SSSR count). The van der Waals surface area contributed by atoms with Gasteiger partial charge in [0.05, 0.1) is 37.8 Å². The number of morpholine rings is 1. The molecule has 1 aromatic carbocycles. The van der Waals surface area contributed by atoms with Crippen molar-refractivity contribution >= 4 is 34.3 Å². The van der Waals surface area contributed by atoms with Crippen molar-refractivity contribution in [2.45, 2.75) is 37.7 Å². The molecular formula is C32H46N6O4S. The molecule has 10 nitrogen and oxygen atoms in total. The molecule has 3 unspecified atom stereocenters. The minimum Gasteiger partial charge on any atom is -0.494 e. The summed E-state index contributed by atoms with van der Waals surface area (Å²) < 4.78 is 11.5. The molecule has 11 heteroatoms. The summed E-state index contributed by atoms with van der Waals surface area (Å²) in [6.45, 7) is 12.6. The Morgan fingerprint density at radius 2 is 1.86 bits per heavy atom. The van der Waals surface area contributed by atoms with Crippen LogP contribution < -0.4 is 9.64 Å². The van der Waals surface area contributed by atoms with E-state index in [9.17, 15) is 9.90 Å². The van der Waals surface area contributed by atoms with Crippen LogP contribution in [0.2, 0.25) is 0 Å². The summed E-state index contributed by atoms with van der Waals surface area (Å²) in [6.07, 6.45) is 5.30. The lowest BCUT2D eigenvalue weighted by Crippen LogP contribution is -2.54. The van der Waals surface area contributed by atoms with Gasteiger partial charge in [0.25, 0.3) is 0 Å². The van der Waals surface area contributed by atoms with Crippen LogP contribution in [0, 0.1) is 5.92 Å². The van der Waals surface area contributed by atoms with Crippen molar-refractivity contribution in [2.75, 3.05) is 90.7 Å². The van der Waals surface area contributed by atoms with Gasteiger partial charge in [0, 0.05) is 69.6 Å². The average Bonchev–Trinajstić information content (AvgIpc) is 3.65. The molecule has 0 radical (unpaired) electrons. The van der Waals surface area contributed by atoms with E-state index in [1.165, 1.54) is 12.8 Å². The molecule has 0 aliphatic carbocycles. The number of thioether (sulfide) groups is 1. The van der Waals surface area contributed by atoms with E-state index in [2.05, 4.69) is 42.0 Å². The third kappa shape index (κ3) is 6.61. The smallest absolute Gasteiger partial charge is 0.308 e. The maximum absolute atomic E-state index is 12.6. The summed E-state index contributed by atoms with van der Waals surface area (Å²) in [7, 11) is 1.72. The number of hydrogen-bond acceptors (Lipinski definition) is 10. The summed E-state index contributed by atoms with van der Waals surface area (Å²) in [6, 6.07) is 7.94. The first-order valence-electron chi connectivity index (χ1n) is 15.8. The van der Waals surface area contributed by atoms with Crippen LogP contribution in [0.4, 0.5) is 5.69 Å². The lowest BCUT2D eigenvalue weighted by atomic mass is 9.96. The van der Waals surface area contributed by atoms with Crippen LogP contribution in [0.15, 0.2) is 41.6 Å². The zero-order chi connectivity index (χ0) is 29.8. The van der Waals surface area contributed by atoms with E-state index < -0.39 is 11.9 Å². The van der Waals surface area contributed by atoms with E-state index >= 15 is 0 Å². The Balaban J connectivity index is 1.26. The first-order chi connectivity index (χ1) is 21.0. The van der Waals surface area contributed by atoms with E-state index in [1.807, 2.05) is 37.0 Å². The number of fused-ring (bicyclic) bond motifs is 1. The second-order valence-electron chi connectivity index (χ2n) is 12.0. The largest absolute Gasteiger partial charge is 0.494 e. The Bertz CT molecular complexity index is 1280. The Morgan fingerprint density at radius 3 is 2.63 bits per heavy atom. The molecular weight excluding hydrogens is 564 g/mol. The third-order valence-electron chi connectivity index (χ3n) is 9.46. The Kier molecular flexibility index (Phi) is 9.94. The van der Waals surface area contributed by atoms with Gasteiger partial charge in [0.1, 0.15) is 16.9 Å². The highest BCUT2D eigenvalue weighted by Gasteiger charge is 2.42. The van der Waals surface area contributed by atoms with E-state index in [-0.39, 0.29) is 11.5 Å². The second-order valence-corrected chi connectivity index (χ2v) is 13.0. The van der Waals surface area contributed by atoms with Crippen LogP contribution in [0.3, 0.4) is 0 Å². The molecule has 5 heterocycles. The number of carbonyl (C=O) groups is 1. The fourth-order valence-corrected chi connectivity index (χ4v) is 8.42. The van der Waals surface area contributed by atoms with Gasteiger partial charge in [-0.25, -0.2) is 0 Å². The SMILES string of the molecule is COc1ccc2cccnc2c1N1CCCN(C(C2=CSC(N3CCOCC3)N2CCN2CCCC2)C(C)C(=O)O)CC1. The molecule has 1 aromatic heterocycles. The van der Waals surface area contributed by atoms with Gasteiger partial charge in [-0.15, -0.1) is 0 Å². The summed E-state index contributed by atoms with van der Waals surface area (Å²) in [5.74, 6) is -0.456. The van der Waals surface area contributed by atoms with E-state index in [0.29, 0.717) is 0 Å². The number of methoxy groups -OCH3 is 1. The number of aromatic nitrogens is 1. The van der Waals surface area contributed by atoms with Crippen LogP contribution in [0.25, 0.3) is 10.9 Å². The maximum atomic E-state index is 12.6. The molecule has 2 aromatic rings. The number of aliphatic carboxylic acids is 1. The molecule has 3 saturated heterocycles. The normalized spacial score (nSPS) is 24.2. The van der Waals surface area contributed by atoms with Crippen LogP contribution in [0.1, 0.15) is 26.2 Å². The highest BCUT2D eigenvalue weighted by Crippen LogP contribution is 2.40. The number of anilines is 1. The lowest BCUT2D eigenvalue weighted by molar-refractivity contribution is -0.143. The van der Waals surface area contributed by atoms with Crippen molar-refractivity contribution in [3.63, 3.8) is 0 Å². The van der Waals surface area contributed by atoms with Gasteiger partial charge in [0.2, 0.25) is 0 Å². The molecule has 3 fully saturated rings. The fraction of sp³-hybridized carbons (Fsp3) is 0.625. The molecule has 0 amide bonds. The quantitative estimate of drug-likeness (QED) is 0.430. The predicted molar refractivity (Wildman–Crippen MR) is 172 cm³/mol. The molecule has 3 atom stereocenters. The van der Waals surface area contributed by atoms with E-state index in [4.69, 9.17) is 14.5 Å². The number of likely N-dealkylation sites (tertiary alicyclic amines) is 1. The molecule has 43 heavy (non-hydrogen) atoms. The van der Waals surface area contributed by atoms with Gasteiger partial charge < -0.3 is 29.3 Å². The number of carboxylic acid groups (broad SMARTS) is 1. The monoisotopic (exact) mass is 610 g/mol. The average molecular weight is 611 g/mol. The fourth-order valence-electron chi connectivity index (χ4n) is 7.13. The Labute approximate surface area is 259 Å². The number of carboxylic acids is 1. The molecule has 0 bridgehead atoms. The van der Waals surface area contributed by atoms with Crippen LogP contribution >= 0.6 is 11.8 Å². The molecule has 4 aliphatic heterocycles. The highest BCUT2D eigenvalue weighted by atomic mass is 32.2. The van der Waals surface area contributed by atoms with Crippen molar-refractivity contribution in [1.29, 1.82) is 0 Å². The number of ether oxygens (including phenoxy) is 2. The van der Waals surface area contributed by atoms with Crippen molar-refractivity contribution in [3.05, 3.63) is 41.6 Å². The Hall–Kier alpha value is -2.57. The van der Waals surface area contributed by atoms with Gasteiger partial charge in [-0.05, 0) is 62.9 Å². The van der Waals surface area contributed by atoms with Crippen LogP contribution in [-0.4, -0.2) is 133 Å². The topological polar surface area (TPSA) is 84.9 Å². The standard InChI is InChI=1S/C32H46N6O4S/c1-24(31(39)40)29(26-23-43-32(37-19-21-42-22-20-37)38(26)18-15-34-11-3-4-12-34)35-13-6-14-36(17-16-35)30-27(41-2)9-8-25-7-5-10-33-28(25)30/h5,7-10,23-24,29,32H,3-4,6,11-22H2,1-2H3,(H,39,40). The van der Waals surface area contributed by atoms with Gasteiger partial charge in [-0.3, -0.25) is 19.6 Å². The van der Waals surface area contributed by atoms with Crippen molar-refractivity contribution in [1.82, 2.24) is 24.6 Å². The first-order valence-corrected chi connectivity index (χ1v) is 16.8. The molecule has 0 saturated carbocycles. The van der Waals surface area contributed by atoms with Crippen LogP contribution in [-0.2, 0) is 9.53 Å². The van der Waals surface area contributed by atoms with Gasteiger partial charge in [-0.2, -0.15) is 0 Å². The van der Waals surface area contributed by atoms with E-state index in [1.54, 1.807) is 7.11 Å². The molecule has 1 N–H and O–H groups in total. The van der Waals surface area contributed by atoms with E-state index in [0.717, 1.165) is 113 Å². The van der Waals surface area contributed by atoms with Gasteiger partial charge >= 0.3 is 5.97 Å². The Morgan fingerprint density at radius 1 is 1.05 bits per heavy atom. The number of hydrogen-bond donors (Lipinski definition) is 1. The number of pyridine rings is 1. The highest BCUT2D eigenvalue weighted by molar-refractivity contribution is 8.02. The minimum absolute atomic E-state index is 0.180. The first kappa shape index (κ1) is 30.5. The van der Waals surface area contributed by atoms with Crippen LogP contribution in [0.5, 0.6) is 5.75 Å². The summed E-state index contributed by atoms with van der Waals surface area (Å²) in [5.41, 5.74) is 3.32. The summed E-state index contributed by atoms with van der Waals surface area (Å²) >= 11 is 1.84. The third-order valence-corrected chi connectivity index (χ3v) is 10.6. The minimum atomic E-state index is -0.744. The van der Waals surface area contributed by atoms with Gasteiger partial charge in [-0.1, -0.05) is 17.8 Å². The van der Waals surface area contributed by atoms with Crippen molar-refractivity contribution in [3.8, 4) is 5.75 Å². The predicted octanol–water partition coefficient (Wildman–Crippen LogP) is 3.45. The van der Waals surface area contributed by atoms with Gasteiger partial charge in [0.15, 0.2) is 0 Å². The zero-order valence-electron chi connectivity index (χ0n) is 25.6. The summed E-state index contributed by atoms with van der Waals surface area (Å²) in [5, 5.41) is 13.7. The second kappa shape index (κ2) is 14.0. The van der Waals surface area contributed by atoms with Crippen molar-refractivity contribution in [2.24, 2.45) is 5.92 Å². The molecule has 234 valence electrons. The number of nitrogens with zero attached hydrogens (tertiary/aromatic N) is 6. The molecule has 4 aliphatic rings. The van der Waals surface area contributed by atoms with Crippen molar-refractivity contribution < 1.29 is 19.4 Å². The number of rotatable bonds is 10. The number of benzene rings is 1. The zero-order valence-corrected chi connectivity index (χ0v) is 26.4.